The fraction of sp³-hybridized carbons (Fsp3) is 0.0625. The Morgan fingerprint density at radius 3 is 2.83 bits per heavy atom. The zero-order valence-corrected chi connectivity index (χ0v) is 13.7. The molecule has 23 heavy (non-hydrogen) atoms. The van der Waals surface area contributed by atoms with Gasteiger partial charge in [-0.15, -0.1) is 10.2 Å². The monoisotopic (exact) mass is 342 g/mol. The van der Waals surface area contributed by atoms with E-state index in [1.807, 2.05) is 49.4 Å². The van der Waals surface area contributed by atoms with Crippen LogP contribution in [0.15, 0.2) is 41.0 Å². The molecule has 0 amide bonds. The lowest BCUT2D eigenvalue weighted by molar-refractivity contribution is 0.535. The standard InChI is InChI=1S/C16H11ClN4OS/c1-10-12(8-9-22-10)15-18-19-16-21(15)20-14(23-16)7-6-11-4-2-3-5-13(11)17/h2-9H,1H3. The number of rotatable bonds is 3. The molecule has 3 aromatic heterocycles. The van der Waals surface area contributed by atoms with Gasteiger partial charge in [0, 0.05) is 5.02 Å². The normalized spacial score (nSPS) is 11.7. The number of hydrogen-bond acceptors (Lipinski definition) is 5. The second kappa shape index (κ2) is 5.64. The Bertz CT molecular complexity index is 1010. The van der Waals surface area contributed by atoms with Gasteiger partial charge in [-0.2, -0.15) is 9.61 Å². The largest absolute Gasteiger partial charge is 0.469 e. The van der Waals surface area contributed by atoms with Gasteiger partial charge in [0.05, 0.1) is 11.8 Å². The molecule has 0 fully saturated rings. The molecule has 0 saturated heterocycles. The molecule has 0 spiro atoms. The SMILES string of the molecule is Cc1occc1-c1nnc2sc(C=Cc3ccccc3Cl)nn12. The molecule has 4 aromatic rings. The van der Waals surface area contributed by atoms with Crippen molar-refractivity contribution in [1.82, 2.24) is 19.8 Å². The molecule has 0 N–H and O–H groups in total. The van der Waals surface area contributed by atoms with Crippen LogP contribution in [-0.2, 0) is 0 Å². The number of hydrogen-bond donors (Lipinski definition) is 0. The van der Waals surface area contributed by atoms with Crippen molar-refractivity contribution in [2.45, 2.75) is 6.92 Å². The predicted molar refractivity (Wildman–Crippen MR) is 91.5 cm³/mol. The second-order valence-electron chi connectivity index (χ2n) is 4.90. The number of aromatic nitrogens is 4. The van der Waals surface area contributed by atoms with Crippen LogP contribution in [0.1, 0.15) is 16.3 Å². The van der Waals surface area contributed by atoms with Crippen molar-refractivity contribution in [2.75, 3.05) is 0 Å². The molecule has 4 rings (SSSR count). The summed E-state index contributed by atoms with van der Waals surface area (Å²) >= 11 is 7.62. The Hall–Kier alpha value is -2.44. The van der Waals surface area contributed by atoms with Gasteiger partial charge in [-0.1, -0.05) is 47.2 Å². The van der Waals surface area contributed by atoms with Crippen LogP contribution in [0, 0.1) is 6.92 Å². The van der Waals surface area contributed by atoms with Gasteiger partial charge in [0.1, 0.15) is 10.8 Å². The smallest absolute Gasteiger partial charge is 0.235 e. The number of nitrogens with zero attached hydrogens (tertiary/aromatic N) is 4. The molecule has 0 radical (unpaired) electrons. The van der Waals surface area contributed by atoms with Crippen LogP contribution in [0.4, 0.5) is 0 Å². The summed E-state index contributed by atoms with van der Waals surface area (Å²) in [5, 5.41) is 14.5. The molecule has 0 saturated carbocycles. The highest BCUT2D eigenvalue weighted by molar-refractivity contribution is 7.17. The lowest BCUT2D eigenvalue weighted by atomic mass is 10.2. The summed E-state index contributed by atoms with van der Waals surface area (Å²) in [4.78, 5) is 0.736. The van der Waals surface area contributed by atoms with Gasteiger partial charge in [0.25, 0.3) is 0 Å². The van der Waals surface area contributed by atoms with Crippen LogP contribution < -0.4 is 0 Å². The molecular weight excluding hydrogens is 332 g/mol. The van der Waals surface area contributed by atoms with E-state index in [0.717, 1.165) is 26.9 Å². The zero-order valence-electron chi connectivity index (χ0n) is 12.1. The summed E-state index contributed by atoms with van der Waals surface area (Å²) in [6.07, 6.45) is 5.50. The maximum absolute atomic E-state index is 6.15. The maximum atomic E-state index is 6.15. The van der Waals surface area contributed by atoms with Gasteiger partial charge in [-0.05, 0) is 30.7 Å². The molecule has 0 atom stereocenters. The van der Waals surface area contributed by atoms with E-state index in [0.29, 0.717) is 10.8 Å². The number of halogens is 1. The summed E-state index contributed by atoms with van der Waals surface area (Å²) in [5.74, 6) is 1.47. The van der Waals surface area contributed by atoms with Gasteiger partial charge >= 0.3 is 0 Å². The average Bonchev–Trinajstić information content (AvgIpc) is 3.22. The first-order valence-electron chi connectivity index (χ1n) is 6.92. The first kappa shape index (κ1) is 14.2. The minimum Gasteiger partial charge on any atom is -0.469 e. The van der Waals surface area contributed by atoms with Crippen LogP contribution in [-0.4, -0.2) is 19.8 Å². The third kappa shape index (κ3) is 2.56. The molecular formula is C16H11ClN4OS. The predicted octanol–water partition coefficient (Wildman–Crippen LogP) is 4.58. The topological polar surface area (TPSA) is 56.2 Å². The summed E-state index contributed by atoms with van der Waals surface area (Å²) in [6, 6.07) is 9.54. The van der Waals surface area contributed by atoms with E-state index < -0.39 is 0 Å². The van der Waals surface area contributed by atoms with Gasteiger partial charge < -0.3 is 4.42 Å². The quantitative estimate of drug-likeness (QED) is 0.547. The molecule has 114 valence electrons. The van der Waals surface area contributed by atoms with Crippen molar-refractivity contribution in [3.05, 3.63) is 57.9 Å². The molecule has 1 aromatic carbocycles. The van der Waals surface area contributed by atoms with Crippen molar-refractivity contribution >= 4 is 40.1 Å². The van der Waals surface area contributed by atoms with E-state index in [-0.39, 0.29) is 0 Å². The molecule has 0 bridgehead atoms. The fourth-order valence-electron chi connectivity index (χ4n) is 2.26. The van der Waals surface area contributed by atoms with Crippen LogP contribution >= 0.6 is 22.9 Å². The summed E-state index contributed by atoms with van der Waals surface area (Å²) < 4.78 is 7.06. The van der Waals surface area contributed by atoms with Crippen LogP contribution in [0.2, 0.25) is 5.02 Å². The van der Waals surface area contributed by atoms with E-state index in [2.05, 4.69) is 15.3 Å². The molecule has 3 heterocycles. The molecule has 0 unspecified atom stereocenters. The van der Waals surface area contributed by atoms with E-state index in [1.54, 1.807) is 10.8 Å². The Labute approximate surface area is 140 Å². The van der Waals surface area contributed by atoms with Crippen molar-refractivity contribution in [3.8, 4) is 11.4 Å². The van der Waals surface area contributed by atoms with Crippen LogP contribution in [0.5, 0.6) is 0 Å². The molecule has 7 heteroatoms. The maximum Gasteiger partial charge on any atom is 0.235 e. The molecule has 0 aliphatic heterocycles. The average molecular weight is 343 g/mol. The zero-order chi connectivity index (χ0) is 15.8. The fourth-order valence-corrected chi connectivity index (χ4v) is 3.20. The first-order chi connectivity index (χ1) is 11.2. The first-order valence-corrected chi connectivity index (χ1v) is 8.11. The van der Waals surface area contributed by atoms with Crippen molar-refractivity contribution in [2.24, 2.45) is 0 Å². The lowest BCUT2D eigenvalue weighted by Gasteiger charge is -1.95. The van der Waals surface area contributed by atoms with Gasteiger partial charge in [0.2, 0.25) is 4.96 Å². The van der Waals surface area contributed by atoms with E-state index in [1.165, 1.54) is 11.3 Å². The van der Waals surface area contributed by atoms with Gasteiger partial charge in [0.15, 0.2) is 5.82 Å². The lowest BCUT2D eigenvalue weighted by Crippen LogP contribution is -1.90. The van der Waals surface area contributed by atoms with E-state index >= 15 is 0 Å². The minimum absolute atomic E-state index is 0.680. The third-order valence-corrected chi connectivity index (χ3v) is 4.63. The van der Waals surface area contributed by atoms with Crippen molar-refractivity contribution in [1.29, 1.82) is 0 Å². The Morgan fingerprint density at radius 2 is 2.04 bits per heavy atom. The number of benzene rings is 1. The molecule has 0 aliphatic carbocycles. The highest BCUT2D eigenvalue weighted by atomic mass is 35.5. The highest BCUT2D eigenvalue weighted by Crippen LogP contribution is 2.26. The summed E-state index contributed by atoms with van der Waals surface area (Å²) in [6.45, 7) is 1.89. The van der Waals surface area contributed by atoms with Gasteiger partial charge in [-0.3, -0.25) is 0 Å². The van der Waals surface area contributed by atoms with Gasteiger partial charge in [-0.25, -0.2) is 0 Å². The molecule has 5 nitrogen and oxygen atoms in total. The Morgan fingerprint density at radius 1 is 1.17 bits per heavy atom. The summed E-state index contributed by atoms with van der Waals surface area (Å²) in [5.41, 5.74) is 1.84. The minimum atomic E-state index is 0.680. The van der Waals surface area contributed by atoms with Crippen LogP contribution in [0.3, 0.4) is 0 Å². The molecule has 0 aliphatic rings. The Balaban J connectivity index is 1.72. The van der Waals surface area contributed by atoms with E-state index in [9.17, 15) is 0 Å². The third-order valence-electron chi connectivity index (χ3n) is 3.42. The van der Waals surface area contributed by atoms with E-state index in [4.69, 9.17) is 16.0 Å². The Kier molecular flexibility index (Phi) is 3.48. The summed E-state index contributed by atoms with van der Waals surface area (Å²) in [7, 11) is 0. The second-order valence-corrected chi connectivity index (χ2v) is 6.30. The highest BCUT2D eigenvalue weighted by Gasteiger charge is 2.15. The van der Waals surface area contributed by atoms with Crippen molar-refractivity contribution < 1.29 is 4.42 Å². The number of aryl methyl sites for hydroxylation is 1. The van der Waals surface area contributed by atoms with Crippen LogP contribution in [0.25, 0.3) is 28.5 Å². The van der Waals surface area contributed by atoms with Crippen molar-refractivity contribution in [3.63, 3.8) is 0 Å². The number of fused-ring (bicyclic) bond motifs is 1. The number of furan rings is 1.